The first-order chi connectivity index (χ1) is 9.02. The van der Waals surface area contributed by atoms with Crippen molar-refractivity contribution in [3.05, 3.63) is 43.0 Å². The lowest BCUT2D eigenvalue weighted by atomic mass is 10.2. The van der Waals surface area contributed by atoms with Gasteiger partial charge in [-0.25, -0.2) is 4.79 Å². The quantitative estimate of drug-likeness (QED) is 0.450. The summed E-state index contributed by atoms with van der Waals surface area (Å²) in [5, 5.41) is 12.6. The number of nitrogens with one attached hydrogen (secondary N) is 1. The smallest absolute Gasteiger partial charge is 0.330 e. The average Bonchev–Trinajstić information content (AvgIpc) is 2.79. The molecule has 1 aromatic heterocycles. The highest BCUT2D eigenvalue weighted by Crippen LogP contribution is 2.35. The first-order valence-electron chi connectivity index (χ1n) is 5.70. The molecule has 2 atom stereocenters. The van der Waals surface area contributed by atoms with Crippen molar-refractivity contribution in [3.63, 3.8) is 0 Å². The lowest BCUT2D eigenvalue weighted by molar-refractivity contribution is -0.109. The zero-order chi connectivity index (χ0) is 14.0. The van der Waals surface area contributed by atoms with E-state index in [4.69, 9.17) is 15.4 Å². The fourth-order valence-electron chi connectivity index (χ4n) is 2.06. The molecule has 2 N–H and O–H groups in total. The van der Waals surface area contributed by atoms with Crippen LogP contribution in [-0.4, -0.2) is 27.4 Å². The van der Waals surface area contributed by atoms with Gasteiger partial charge in [0, 0.05) is 23.1 Å². The van der Waals surface area contributed by atoms with E-state index in [1.165, 1.54) is 13.1 Å². The number of hydrogen-bond donors (Lipinski definition) is 2. The van der Waals surface area contributed by atoms with Gasteiger partial charge in [-0.15, -0.1) is 0 Å². The number of hydrogen-bond acceptors (Lipinski definition) is 5. The molecule has 1 aliphatic rings. The van der Waals surface area contributed by atoms with E-state index in [2.05, 4.69) is 15.0 Å². The Bertz CT molecular complexity index is 644. The highest BCUT2D eigenvalue weighted by atomic mass is 16.6. The molecule has 9 heteroatoms. The Hall–Kier alpha value is -2.09. The number of aryl methyl sites for hydroxylation is 1. The third kappa shape index (κ3) is 2.26. The standard InChI is InChI=1S/C10H13N5O4/c1-6-4-15(9(18)12-8(6)17)10(13-14-11)3-2-7(5-16)19-10/h4,7,16H,2-3,5H2,1H3,(H,12,17,18)/t7-,10-/m0/s1. The normalized spacial score (nSPS) is 26.1. The molecular weight excluding hydrogens is 254 g/mol. The van der Waals surface area contributed by atoms with Gasteiger partial charge in [0.25, 0.3) is 5.56 Å². The summed E-state index contributed by atoms with van der Waals surface area (Å²) in [4.78, 5) is 28.0. The van der Waals surface area contributed by atoms with Gasteiger partial charge in [-0.05, 0) is 24.0 Å². The van der Waals surface area contributed by atoms with E-state index in [1.807, 2.05) is 0 Å². The molecule has 102 valence electrons. The first kappa shape index (κ1) is 13.3. The summed E-state index contributed by atoms with van der Waals surface area (Å²) in [6.45, 7) is 1.29. The van der Waals surface area contributed by atoms with Gasteiger partial charge < -0.3 is 9.84 Å². The minimum absolute atomic E-state index is 0.236. The van der Waals surface area contributed by atoms with Crippen LogP contribution in [0, 0.1) is 6.92 Å². The minimum atomic E-state index is -1.53. The van der Waals surface area contributed by atoms with Crippen LogP contribution in [0.1, 0.15) is 18.4 Å². The van der Waals surface area contributed by atoms with Gasteiger partial charge in [-0.2, -0.15) is 0 Å². The van der Waals surface area contributed by atoms with Crippen molar-refractivity contribution in [3.8, 4) is 0 Å². The largest absolute Gasteiger partial charge is 0.394 e. The van der Waals surface area contributed by atoms with Crippen molar-refractivity contribution in [1.29, 1.82) is 0 Å². The van der Waals surface area contributed by atoms with E-state index in [0.717, 1.165) is 4.57 Å². The summed E-state index contributed by atoms with van der Waals surface area (Å²) in [6, 6.07) is 0. The van der Waals surface area contributed by atoms with Gasteiger partial charge in [0.1, 0.15) is 0 Å². The van der Waals surface area contributed by atoms with Gasteiger partial charge in [0.15, 0.2) is 0 Å². The molecule has 0 amide bonds. The van der Waals surface area contributed by atoms with E-state index >= 15 is 0 Å². The summed E-state index contributed by atoms with van der Waals surface area (Å²) < 4.78 is 6.53. The summed E-state index contributed by atoms with van der Waals surface area (Å²) in [7, 11) is 0. The predicted molar refractivity (Wildman–Crippen MR) is 64.4 cm³/mol. The molecule has 0 saturated carbocycles. The first-order valence-corrected chi connectivity index (χ1v) is 5.70. The molecule has 1 saturated heterocycles. The Labute approximate surface area is 107 Å². The van der Waals surface area contributed by atoms with E-state index in [0.29, 0.717) is 12.0 Å². The summed E-state index contributed by atoms with van der Waals surface area (Å²) in [6.07, 6.45) is 1.47. The second kappa shape index (κ2) is 4.88. The topological polar surface area (TPSA) is 133 Å². The number of H-pyrrole nitrogens is 1. The molecule has 0 radical (unpaired) electrons. The van der Waals surface area contributed by atoms with E-state index in [1.54, 1.807) is 0 Å². The van der Waals surface area contributed by atoms with Crippen molar-refractivity contribution in [2.45, 2.75) is 31.7 Å². The molecule has 9 nitrogen and oxygen atoms in total. The summed E-state index contributed by atoms with van der Waals surface area (Å²) in [5.41, 5.74) is 7.72. The fourth-order valence-corrected chi connectivity index (χ4v) is 2.06. The highest BCUT2D eigenvalue weighted by Gasteiger charge is 2.42. The predicted octanol–water partition coefficient (Wildman–Crippen LogP) is -0.0631. The molecular formula is C10H13N5O4. The van der Waals surface area contributed by atoms with Crippen LogP contribution in [-0.2, 0) is 10.6 Å². The molecule has 0 spiro atoms. The second-order valence-corrected chi connectivity index (χ2v) is 4.34. The number of aromatic nitrogens is 2. The van der Waals surface area contributed by atoms with Crippen LogP contribution in [0.4, 0.5) is 0 Å². The fraction of sp³-hybridized carbons (Fsp3) is 0.600. The Balaban J connectivity index is 2.58. The van der Waals surface area contributed by atoms with Crippen molar-refractivity contribution in [1.82, 2.24) is 9.55 Å². The zero-order valence-corrected chi connectivity index (χ0v) is 10.2. The molecule has 2 rings (SSSR count). The van der Waals surface area contributed by atoms with Crippen molar-refractivity contribution in [2.75, 3.05) is 6.61 Å². The monoisotopic (exact) mass is 267 g/mol. The van der Waals surface area contributed by atoms with Crippen LogP contribution in [0.25, 0.3) is 10.4 Å². The van der Waals surface area contributed by atoms with E-state index in [-0.39, 0.29) is 13.0 Å². The Kier molecular flexibility index (Phi) is 3.43. The average molecular weight is 267 g/mol. The minimum Gasteiger partial charge on any atom is -0.394 e. The third-order valence-electron chi connectivity index (χ3n) is 3.05. The lowest BCUT2D eigenvalue weighted by Gasteiger charge is -2.26. The van der Waals surface area contributed by atoms with Gasteiger partial charge in [0.05, 0.1) is 12.7 Å². The van der Waals surface area contributed by atoms with Crippen molar-refractivity contribution < 1.29 is 9.84 Å². The highest BCUT2D eigenvalue weighted by molar-refractivity contribution is 5.03. The summed E-state index contributed by atoms with van der Waals surface area (Å²) in [5.74, 6) is -1.53. The summed E-state index contributed by atoms with van der Waals surface area (Å²) >= 11 is 0. The maximum Gasteiger partial charge on any atom is 0.330 e. The SMILES string of the molecule is Cc1cn([C@@]2(N=[N+]=[N-])CC[C@@H](CO)O2)c(=O)[nH]c1=O. The lowest BCUT2D eigenvalue weighted by Crippen LogP contribution is -2.43. The second-order valence-electron chi connectivity index (χ2n) is 4.34. The molecule has 1 fully saturated rings. The maximum atomic E-state index is 11.8. The molecule has 0 aromatic carbocycles. The molecule has 19 heavy (non-hydrogen) atoms. The number of ether oxygens (including phenoxy) is 1. The number of aliphatic hydroxyl groups is 1. The number of nitrogens with zero attached hydrogens (tertiary/aromatic N) is 4. The van der Waals surface area contributed by atoms with Crippen molar-refractivity contribution >= 4 is 0 Å². The van der Waals surface area contributed by atoms with Gasteiger partial charge >= 0.3 is 5.69 Å². The molecule has 0 aliphatic carbocycles. The molecule has 0 unspecified atom stereocenters. The maximum absolute atomic E-state index is 11.8. The van der Waals surface area contributed by atoms with Crippen LogP contribution >= 0.6 is 0 Å². The van der Waals surface area contributed by atoms with Crippen LogP contribution in [0.5, 0.6) is 0 Å². The van der Waals surface area contributed by atoms with E-state index < -0.39 is 23.2 Å². The van der Waals surface area contributed by atoms with Crippen LogP contribution in [0.2, 0.25) is 0 Å². The number of rotatable bonds is 3. The Morgan fingerprint density at radius 1 is 1.74 bits per heavy atom. The van der Waals surface area contributed by atoms with Gasteiger partial charge in [0.2, 0.25) is 5.85 Å². The number of aliphatic hydroxyl groups excluding tert-OH is 1. The van der Waals surface area contributed by atoms with Crippen LogP contribution in [0.3, 0.4) is 0 Å². The van der Waals surface area contributed by atoms with Gasteiger partial charge in [-0.3, -0.25) is 14.3 Å². The van der Waals surface area contributed by atoms with E-state index in [9.17, 15) is 9.59 Å². The number of aromatic amines is 1. The number of azide groups is 1. The Morgan fingerprint density at radius 2 is 2.47 bits per heavy atom. The van der Waals surface area contributed by atoms with Crippen LogP contribution < -0.4 is 11.2 Å². The molecule has 1 aromatic rings. The molecule has 1 aliphatic heterocycles. The molecule has 2 heterocycles. The Morgan fingerprint density at radius 3 is 3.05 bits per heavy atom. The van der Waals surface area contributed by atoms with Crippen LogP contribution in [0.15, 0.2) is 20.9 Å². The zero-order valence-electron chi connectivity index (χ0n) is 10.2. The van der Waals surface area contributed by atoms with Crippen molar-refractivity contribution in [2.24, 2.45) is 5.11 Å². The van der Waals surface area contributed by atoms with Gasteiger partial charge in [-0.1, -0.05) is 0 Å². The third-order valence-corrected chi connectivity index (χ3v) is 3.05. The molecule has 0 bridgehead atoms.